The summed E-state index contributed by atoms with van der Waals surface area (Å²) in [6.07, 6.45) is -1.57. The van der Waals surface area contributed by atoms with Crippen molar-refractivity contribution in [3.05, 3.63) is 30.1 Å². The highest BCUT2D eigenvalue weighted by Crippen LogP contribution is 2.05. The number of aliphatic imine (C=N–C) groups is 1. The molecule has 0 amide bonds. The lowest BCUT2D eigenvalue weighted by atomic mass is 10.0. The topological polar surface area (TPSA) is 143 Å². The third-order valence-electron chi connectivity index (χ3n) is 3.21. The van der Waals surface area contributed by atoms with Crippen LogP contribution in [-0.2, 0) is 0 Å². The van der Waals surface area contributed by atoms with Gasteiger partial charge in [0.1, 0.15) is 24.4 Å². The van der Waals surface area contributed by atoms with Gasteiger partial charge in [0, 0.05) is 37.1 Å². The first kappa shape index (κ1) is 19.3. The van der Waals surface area contributed by atoms with Crippen molar-refractivity contribution in [1.82, 2.24) is 4.98 Å². The molecule has 8 heteroatoms. The Morgan fingerprint density at radius 2 is 2.00 bits per heavy atom. The number of aliphatic hydroxyl groups excluding tert-OH is 5. The Labute approximate surface area is 133 Å². The average Bonchev–Trinajstić information content (AvgIpc) is 2.59. The van der Waals surface area contributed by atoms with Crippen molar-refractivity contribution in [3.63, 3.8) is 0 Å². The average molecular weight is 326 g/mol. The summed E-state index contributed by atoms with van der Waals surface area (Å²) in [5.74, 6) is -0.0598. The maximum atomic E-state index is 11.8. The van der Waals surface area contributed by atoms with Crippen LogP contribution in [0.15, 0.2) is 29.5 Å². The highest BCUT2D eigenvalue weighted by Gasteiger charge is 2.28. The molecular weight excluding hydrogens is 304 g/mol. The zero-order valence-electron chi connectivity index (χ0n) is 12.6. The number of aromatic nitrogens is 1. The van der Waals surface area contributed by atoms with Crippen molar-refractivity contribution in [2.45, 2.75) is 37.3 Å². The van der Waals surface area contributed by atoms with Crippen LogP contribution in [0.5, 0.6) is 0 Å². The van der Waals surface area contributed by atoms with Gasteiger partial charge in [-0.3, -0.25) is 14.8 Å². The Hall–Kier alpha value is -1.71. The van der Waals surface area contributed by atoms with E-state index in [4.69, 9.17) is 10.2 Å². The number of aliphatic hydroxyl groups is 5. The lowest BCUT2D eigenvalue weighted by Crippen LogP contribution is -2.46. The Balaban J connectivity index is 2.32. The Bertz CT molecular complexity index is 496. The summed E-state index contributed by atoms with van der Waals surface area (Å²) in [5.41, 5.74) is 0.521. The molecule has 8 nitrogen and oxygen atoms in total. The van der Waals surface area contributed by atoms with Crippen molar-refractivity contribution in [3.8, 4) is 0 Å². The van der Waals surface area contributed by atoms with E-state index in [0.29, 0.717) is 12.0 Å². The number of ketones is 1. The normalized spacial score (nSPS) is 16.9. The number of hydrogen-bond acceptors (Lipinski definition) is 8. The number of hydrogen-bond donors (Lipinski definition) is 5. The van der Waals surface area contributed by atoms with Crippen molar-refractivity contribution < 1.29 is 30.3 Å². The fourth-order valence-corrected chi connectivity index (χ4v) is 1.81. The first-order valence-corrected chi connectivity index (χ1v) is 7.23. The van der Waals surface area contributed by atoms with Gasteiger partial charge in [0.25, 0.3) is 0 Å². The third kappa shape index (κ3) is 6.51. The van der Waals surface area contributed by atoms with Gasteiger partial charge in [-0.05, 0) is 18.6 Å². The summed E-state index contributed by atoms with van der Waals surface area (Å²) in [6, 6.07) is 3.35. The molecule has 5 N–H and O–H groups in total. The molecular formula is C15H22N2O6. The molecule has 4 unspecified atom stereocenters. The minimum Gasteiger partial charge on any atom is -0.394 e. The number of nitrogens with zero attached hydrogens (tertiary/aromatic N) is 2. The summed E-state index contributed by atoms with van der Waals surface area (Å²) < 4.78 is 0. The van der Waals surface area contributed by atoms with Gasteiger partial charge in [0.05, 0.1) is 6.61 Å². The molecule has 23 heavy (non-hydrogen) atoms. The molecule has 0 aliphatic carbocycles. The molecule has 1 aromatic heterocycles. The SMILES string of the molecule is O=C(CCC/N=C/C(O)C(O)C(O)C(O)CO)c1cccnc1. The first-order chi connectivity index (χ1) is 11.0. The zero-order chi connectivity index (χ0) is 17.2. The molecule has 0 saturated heterocycles. The minimum absolute atomic E-state index is 0.0598. The monoisotopic (exact) mass is 326 g/mol. The van der Waals surface area contributed by atoms with Crippen molar-refractivity contribution in [2.75, 3.05) is 13.2 Å². The Morgan fingerprint density at radius 3 is 2.61 bits per heavy atom. The van der Waals surface area contributed by atoms with Gasteiger partial charge in [0.15, 0.2) is 5.78 Å². The molecule has 1 aromatic rings. The van der Waals surface area contributed by atoms with Crippen molar-refractivity contribution >= 4 is 12.0 Å². The molecule has 0 spiro atoms. The van der Waals surface area contributed by atoms with E-state index >= 15 is 0 Å². The van der Waals surface area contributed by atoms with Gasteiger partial charge in [0.2, 0.25) is 0 Å². The lowest BCUT2D eigenvalue weighted by Gasteiger charge is -2.23. The van der Waals surface area contributed by atoms with E-state index in [-0.39, 0.29) is 18.7 Å². The molecule has 0 bridgehead atoms. The molecule has 1 rings (SSSR count). The molecule has 0 radical (unpaired) electrons. The Morgan fingerprint density at radius 1 is 1.26 bits per heavy atom. The fourth-order valence-electron chi connectivity index (χ4n) is 1.81. The minimum atomic E-state index is -1.69. The molecule has 0 saturated carbocycles. The van der Waals surface area contributed by atoms with Gasteiger partial charge in [-0.2, -0.15) is 0 Å². The summed E-state index contributed by atoms with van der Waals surface area (Å²) in [7, 11) is 0. The van der Waals surface area contributed by atoms with Crippen LogP contribution < -0.4 is 0 Å². The number of Topliss-reactive ketones (excluding diaryl/α,β-unsaturated/α-hetero) is 1. The molecule has 1 heterocycles. The van der Waals surface area contributed by atoms with E-state index in [1.54, 1.807) is 18.3 Å². The van der Waals surface area contributed by atoms with Crippen LogP contribution in [0.2, 0.25) is 0 Å². The van der Waals surface area contributed by atoms with Crippen LogP contribution in [0, 0.1) is 0 Å². The van der Waals surface area contributed by atoms with Crippen LogP contribution in [-0.4, -0.2) is 80.1 Å². The molecule has 128 valence electrons. The zero-order valence-corrected chi connectivity index (χ0v) is 12.6. The maximum Gasteiger partial charge on any atom is 0.164 e. The number of pyridine rings is 1. The smallest absolute Gasteiger partial charge is 0.164 e. The molecule has 4 atom stereocenters. The van der Waals surface area contributed by atoms with Gasteiger partial charge in [-0.1, -0.05) is 0 Å². The molecule has 0 fully saturated rings. The summed E-state index contributed by atoms with van der Waals surface area (Å²) in [4.78, 5) is 19.5. The molecule has 0 aliphatic heterocycles. The third-order valence-corrected chi connectivity index (χ3v) is 3.21. The lowest BCUT2D eigenvalue weighted by molar-refractivity contribution is -0.0999. The van der Waals surface area contributed by atoms with Gasteiger partial charge < -0.3 is 25.5 Å². The first-order valence-electron chi connectivity index (χ1n) is 7.23. The standard InChI is InChI=1S/C15H22N2O6/c18-9-13(21)15(23)14(22)12(20)8-17-6-2-4-11(19)10-3-1-5-16-7-10/h1,3,5,7-8,12-15,18,20-23H,2,4,6,9H2/b17-8+. The van der Waals surface area contributed by atoms with Crippen LogP contribution >= 0.6 is 0 Å². The summed E-state index contributed by atoms with van der Waals surface area (Å²) >= 11 is 0. The molecule has 0 aliphatic rings. The highest BCUT2D eigenvalue weighted by molar-refractivity contribution is 5.95. The number of rotatable bonds is 10. The molecule has 0 aromatic carbocycles. The highest BCUT2D eigenvalue weighted by atomic mass is 16.4. The van der Waals surface area contributed by atoms with Gasteiger partial charge >= 0.3 is 0 Å². The van der Waals surface area contributed by atoms with E-state index in [1.165, 1.54) is 6.20 Å². The van der Waals surface area contributed by atoms with Crippen LogP contribution in [0.3, 0.4) is 0 Å². The van der Waals surface area contributed by atoms with E-state index in [1.807, 2.05) is 0 Å². The number of carbonyl (C=O) groups is 1. The van der Waals surface area contributed by atoms with Crippen LogP contribution in [0.1, 0.15) is 23.2 Å². The van der Waals surface area contributed by atoms with Gasteiger partial charge in [-0.15, -0.1) is 0 Å². The van der Waals surface area contributed by atoms with Gasteiger partial charge in [-0.25, -0.2) is 0 Å². The quantitative estimate of drug-likeness (QED) is 0.201. The maximum absolute atomic E-state index is 11.8. The Kier molecular flexibility index (Phi) is 8.52. The second-order valence-corrected chi connectivity index (χ2v) is 5.05. The predicted octanol–water partition coefficient (Wildman–Crippen LogP) is -1.45. The van der Waals surface area contributed by atoms with Crippen LogP contribution in [0.4, 0.5) is 0 Å². The largest absolute Gasteiger partial charge is 0.394 e. The second-order valence-electron chi connectivity index (χ2n) is 5.05. The van der Waals surface area contributed by atoms with E-state index in [0.717, 1.165) is 6.21 Å². The van der Waals surface area contributed by atoms with Crippen molar-refractivity contribution in [2.24, 2.45) is 4.99 Å². The van der Waals surface area contributed by atoms with Crippen LogP contribution in [0.25, 0.3) is 0 Å². The van der Waals surface area contributed by atoms with E-state index < -0.39 is 31.0 Å². The van der Waals surface area contributed by atoms with E-state index in [2.05, 4.69) is 9.98 Å². The van der Waals surface area contributed by atoms with E-state index in [9.17, 15) is 20.1 Å². The fraction of sp³-hybridized carbons (Fsp3) is 0.533. The van der Waals surface area contributed by atoms with Crippen molar-refractivity contribution in [1.29, 1.82) is 0 Å². The predicted molar refractivity (Wildman–Crippen MR) is 82.3 cm³/mol. The second kappa shape index (κ2) is 10.1. The summed E-state index contributed by atoms with van der Waals surface area (Å²) in [5, 5.41) is 46.4. The number of carbonyl (C=O) groups excluding carboxylic acids is 1. The summed E-state index contributed by atoms with van der Waals surface area (Å²) in [6.45, 7) is -0.479.